The lowest BCUT2D eigenvalue weighted by molar-refractivity contribution is -0.142. The van der Waals surface area contributed by atoms with Crippen LogP contribution in [0.5, 0.6) is 0 Å². The summed E-state index contributed by atoms with van der Waals surface area (Å²) in [7, 11) is 0. The Hall–Kier alpha value is -1.28. The molecule has 0 radical (unpaired) electrons. The van der Waals surface area contributed by atoms with Crippen molar-refractivity contribution in [3.05, 3.63) is 35.1 Å². The number of carbonyl (C=O) groups is 1. The van der Waals surface area contributed by atoms with Crippen molar-refractivity contribution in [3.63, 3.8) is 0 Å². The molecule has 1 fully saturated rings. The third-order valence-corrected chi connectivity index (χ3v) is 4.54. The standard InChI is InChI=1S/C14H15F4NO2S/c15-10-2-1-9(11(7-10)14(16,17)18)8-19-12(20)13(21)3-5-22-6-4-13/h1-2,7,21H,3-6,8H2,(H,19,20). The average molecular weight is 337 g/mol. The maximum atomic E-state index is 13.0. The fourth-order valence-corrected chi connectivity index (χ4v) is 3.41. The highest BCUT2D eigenvalue weighted by atomic mass is 32.2. The van der Waals surface area contributed by atoms with Crippen molar-refractivity contribution in [2.45, 2.75) is 31.2 Å². The molecule has 0 aromatic heterocycles. The zero-order chi connectivity index (χ0) is 16.4. The summed E-state index contributed by atoms with van der Waals surface area (Å²) in [5.74, 6) is -0.446. The fourth-order valence-electron chi connectivity index (χ4n) is 2.24. The Morgan fingerprint density at radius 2 is 1.95 bits per heavy atom. The average Bonchev–Trinajstić information content (AvgIpc) is 2.45. The molecular weight excluding hydrogens is 322 g/mol. The van der Waals surface area contributed by atoms with Crippen molar-refractivity contribution in [2.24, 2.45) is 0 Å². The van der Waals surface area contributed by atoms with Crippen molar-refractivity contribution < 1.29 is 27.5 Å². The van der Waals surface area contributed by atoms with Crippen molar-refractivity contribution in [2.75, 3.05) is 11.5 Å². The summed E-state index contributed by atoms with van der Waals surface area (Å²) in [5.41, 5.74) is -2.90. The number of halogens is 4. The van der Waals surface area contributed by atoms with E-state index in [0.717, 1.165) is 12.1 Å². The minimum Gasteiger partial charge on any atom is -0.380 e. The minimum absolute atomic E-state index is 0.240. The van der Waals surface area contributed by atoms with E-state index in [-0.39, 0.29) is 18.4 Å². The Labute approximate surface area is 129 Å². The molecule has 1 amide bonds. The number of aliphatic hydroxyl groups is 1. The summed E-state index contributed by atoms with van der Waals surface area (Å²) < 4.78 is 51.6. The van der Waals surface area contributed by atoms with E-state index in [1.165, 1.54) is 0 Å². The molecule has 0 spiro atoms. The SMILES string of the molecule is O=C(NCc1ccc(F)cc1C(F)(F)F)C1(O)CCSCC1. The van der Waals surface area contributed by atoms with Gasteiger partial charge in [-0.3, -0.25) is 4.79 Å². The summed E-state index contributed by atoms with van der Waals surface area (Å²) in [5, 5.41) is 12.5. The molecule has 0 atom stereocenters. The number of thioether (sulfide) groups is 1. The highest BCUT2D eigenvalue weighted by Gasteiger charge is 2.38. The molecule has 0 aliphatic carbocycles. The lowest BCUT2D eigenvalue weighted by atomic mass is 9.95. The van der Waals surface area contributed by atoms with Gasteiger partial charge in [0, 0.05) is 6.54 Å². The smallest absolute Gasteiger partial charge is 0.380 e. The number of rotatable bonds is 3. The first-order chi connectivity index (χ1) is 10.2. The van der Waals surface area contributed by atoms with Gasteiger partial charge in [0.15, 0.2) is 0 Å². The largest absolute Gasteiger partial charge is 0.416 e. The maximum Gasteiger partial charge on any atom is 0.416 e. The van der Waals surface area contributed by atoms with Crippen LogP contribution in [0.4, 0.5) is 17.6 Å². The van der Waals surface area contributed by atoms with Crippen molar-refractivity contribution in [3.8, 4) is 0 Å². The van der Waals surface area contributed by atoms with Crippen LogP contribution in [-0.4, -0.2) is 28.1 Å². The van der Waals surface area contributed by atoms with Crippen LogP contribution in [0.1, 0.15) is 24.0 Å². The van der Waals surface area contributed by atoms with Gasteiger partial charge in [0.25, 0.3) is 5.91 Å². The van der Waals surface area contributed by atoms with Gasteiger partial charge in [-0.25, -0.2) is 4.39 Å². The highest BCUT2D eigenvalue weighted by molar-refractivity contribution is 7.99. The second kappa shape index (κ2) is 6.45. The molecule has 0 bridgehead atoms. The lowest BCUT2D eigenvalue weighted by Crippen LogP contribution is -2.48. The first-order valence-electron chi connectivity index (χ1n) is 6.66. The number of alkyl halides is 3. The number of hydrogen-bond donors (Lipinski definition) is 2. The van der Waals surface area contributed by atoms with Gasteiger partial charge < -0.3 is 10.4 Å². The molecule has 1 aliphatic heterocycles. The maximum absolute atomic E-state index is 13.0. The van der Waals surface area contributed by atoms with E-state index in [2.05, 4.69) is 5.32 Å². The predicted molar refractivity (Wildman–Crippen MR) is 74.8 cm³/mol. The van der Waals surface area contributed by atoms with Crippen LogP contribution in [-0.2, 0) is 17.5 Å². The van der Waals surface area contributed by atoms with Crippen LogP contribution < -0.4 is 5.32 Å². The molecule has 1 aromatic rings. The number of amides is 1. The number of nitrogens with one attached hydrogen (secondary N) is 1. The molecular formula is C14H15F4NO2S. The van der Waals surface area contributed by atoms with E-state index in [0.29, 0.717) is 17.6 Å². The molecule has 1 aliphatic rings. The van der Waals surface area contributed by atoms with Gasteiger partial charge in [-0.1, -0.05) is 6.07 Å². The minimum atomic E-state index is -4.71. The molecule has 2 rings (SSSR count). The van der Waals surface area contributed by atoms with Crippen LogP contribution in [0.15, 0.2) is 18.2 Å². The van der Waals surface area contributed by atoms with Gasteiger partial charge >= 0.3 is 6.18 Å². The Balaban J connectivity index is 2.10. The Morgan fingerprint density at radius 1 is 1.32 bits per heavy atom. The van der Waals surface area contributed by atoms with Gasteiger partial charge in [0.2, 0.25) is 0 Å². The second-order valence-corrected chi connectivity index (χ2v) is 6.35. The van der Waals surface area contributed by atoms with E-state index >= 15 is 0 Å². The first kappa shape index (κ1) is 17.1. The molecule has 22 heavy (non-hydrogen) atoms. The molecule has 1 saturated heterocycles. The number of benzene rings is 1. The van der Waals surface area contributed by atoms with E-state index in [9.17, 15) is 27.5 Å². The van der Waals surface area contributed by atoms with E-state index in [1.54, 1.807) is 11.8 Å². The van der Waals surface area contributed by atoms with Crippen LogP contribution in [0, 0.1) is 5.82 Å². The quantitative estimate of drug-likeness (QED) is 0.834. The number of carbonyl (C=O) groups excluding carboxylic acids is 1. The van der Waals surface area contributed by atoms with Crippen LogP contribution in [0.2, 0.25) is 0 Å². The Kier molecular flexibility index (Phi) is 5.01. The van der Waals surface area contributed by atoms with Gasteiger partial charge in [0.05, 0.1) is 5.56 Å². The molecule has 8 heteroatoms. The predicted octanol–water partition coefficient (Wildman–Crippen LogP) is 2.72. The summed E-state index contributed by atoms with van der Waals surface area (Å²) in [6.45, 7) is -0.413. The first-order valence-corrected chi connectivity index (χ1v) is 7.82. The van der Waals surface area contributed by atoms with E-state index in [4.69, 9.17) is 0 Å². The van der Waals surface area contributed by atoms with Crippen LogP contribution >= 0.6 is 11.8 Å². The molecule has 2 N–H and O–H groups in total. The third-order valence-electron chi connectivity index (χ3n) is 3.56. The molecule has 0 saturated carbocycles. The fraction of sp³-hybridized carbons (Fsp3) is 0.500. The molecule has 0 unspecified atom stereocenters. The summed E-state index contributed by atoms with van der Waals surface area (Å²) in [4.78, 5) is 12.0. The molecule has 1 aromatic carbocycles. The number of hydrogen-bond acceptors (Lipinski definition) is 3. The third kappa shape index (κ3) is 3.92. The topological polar surface area (TPSA) is 49.3 Å². The molecule has 122 valence electrons. The van der Waals surface area contributed by atoms with Gasteiger partial charge in [-0.05, 0) is 42.0 Å². The lowest BCUT2D eigenvalue weighted by Gasteiger charge is -2.30. The van der Waals surface area contributed by atoms with Gasteiger partial charge in [-0.15, -0.1) is 0 Å². The van der Waals surface area contributed by atoms with E-state index in [1.807, 2.05) is 0 Å². The molecule has 1 heterocycles. The second-order valence-electron chi connectivity index (χ2n) is 5.13. The highest BCUT2D eigenvalue weighted by Crippen LogP contribution is 2.33. The van der Waals surface area contributed by atoms with Crippen LogP contribution in [0.25, 0.3) is 0 Å². The summed E-state index contributed by atoms with van der Waals surface area (Å²) >= 11 is 1.61. The Bertz CT molecular complexity index is 556. The zero-order valence-electron chi connectivity index (χ0n) is 11.5. The molecule has 3 nitrogen and oxygen atoms in total. The monoisotopic (exact) mass is 337 g/mol. The van der Waals surface area contributed by atoms with Crippen molar-refractivity contribution in [1.29, 1.82) is 0 Å². The summed E-state index contributed by atoms with van der Waals surface area (Å²) in [6, 6.07) is 2.29. The van der Waals surface area contributed by atoms with Gasteiger partial charge in [0.1, 0.15) is 11.4 Å². The zero-order valence-corrected chi connectivity index (χ0v) is 12.4. The van der Waals surface area contributed by atoms with Crippen molar-refractivity contribution in [1.82, 2.24) is 5.32 Å². The summed E-state index contributed by atoms with van der Waals surface area (Å²) in [6.07, 6.45) is -4.18. The van der Waals surface area contributed by atoms with Crippen LogP contribution in [0.3, 0.4) is 0 Å². The normalized spacial score (nSPS) is 18.0. The van der Waals surface area contributed by atoms with Crippen molar-refractivity contribution >= 4 is 17.7 Å². The Morgan fingerprint density at radius 3 is 2.55 bits per heavy atom. The van der Waals surface area contributed by atoms with E-state index < -0.39 is 35.6 Å². The van der Waals surface area contributed by atoms with Gasteiger partial charge in [-0.2, -0.15) is 24.9 Å².